The third-order valence-corrected chi connectivity index (χ3v) is 4.26. The Hall–Kier alpha value is -2.41. The Labute approximate surface area is 160 Å². The molecule has 142 valence electrons. The Bertz CT molecular complexity index is 958. The van der Waals surface area contributed by atoms with Gasteiger partial charge in [0.25, 0.3) is 0 Å². The molecule has 0 fully saturated rings. The van der Waals surface area contributed by atoms with Crippen LogP contribution in [0.2, 0.25) is 5.28 Å². The minimum atomic E-state index is -4.50. The molecule has 0 saturated heterocycles. The number of rotatable bonds is 3. The summed E-state index contributed by atoms with van der Waals surface area (Å²) >= 11 is 5.75. The largest absolute Gasteiger partial charge is 0.416 e. The molecule has 0 radical (unpaired) electrons. The summed E-state index contributed by atoms with van der Waals surface area (Å²) in [6, 6.07) is 7.47. The van der Waals surface area contributed by atoms with E-state index in [9.17, 15) is 13.2 Å². The van der Waals surface area contributed by atoms with Gasteiger partial charge in [-0.1, -0.05) is 32.9 Å². The third-order valence-electron chi connectivity index (χ3n) is 4.08. The summed E-state index contributed by atoms with van der Waals surface area (Å²) in [6.45, 7) is 6.03. The fourth-order valence-corrected chi connectivity index (χ4v) is 2.80. The molecule has 0 spiro atoms. The second-order valence-electron chi connectivity index (χ2n) is 7.23. The normalized spacial score (nSPS) is 12.4. The van der Waals surface area contributed by atoms with E-state index in [1.807, 2.05) is 26.8 Å². The SMILES string of the molecule is CC(C)(C)c1ccn(Cc2ccc(-c3ccnc(Cl)n3)cc2C(F)(F)F)n1. The Kier molecular flexibility index (Phi) is 4.99. The number of hydrogen-bond donors (Lipinski definition) is 0. The van der Waals surface area contributed by atoms with E-state index in [-0.39, 0.29) is 22.8 Å². The molecule has 2 aromatic heterocycles. The Morgan fingerprint density at radius 3 is 2.41 bits per heavy atom. The minimum absolute atomic E-state index is 0.0172. The van der Waals surface area contributed by atoms with Crippen LogP contribution in [0, 0.1) is 0 Å². The van der Waals surface area contributed by atoms with Crippen LogP contribution in [0.15, 0.2) is 42.7 Å². The molecule has 0 unspecified atom stereocenters. The lowest BCUT2D eigenvalue weighted by molar-refractivity contribution is -0.138. The maximum atomic E-state index is 13.6. The van der Waals surface area contributed by atoms with Crippen molar-refractivity contribution in [2.24, 2.45) is 0 Å². The first-order valence-corrected chi connectivity index (χ1v) is 8.65. The Balaban J connectivity index is 1.99. The maximum absolute atomic E-state index is 13.6. The summed E-state index contributed by atoms with van der Waals surface area (Å²) < 4.78 is 42.4. The van der Waals surface area contributed by atoms with Crippen molar-refractivity contribution < 1.29 is 13.2 Å². The molecule has 1 aromatic carbocycles. The summed E-state index contributed by atoms with van der Waals surface area (Å²) in [4.78, 5) is 7.73. The van der Waals surface area contributed by atoms with Crippen LogP contribution in [-0.2, 0) is 18.1 Å². The number of nitrogens with zero attached hydrogens (tertiary/aromatic N) is 4. The van der Waals surface area contributed by atoms with Gasteiger partial charge in [-0.2, -0.15) is 18.3 Å². The summed E-state index contributed by atoms with van der Waals surface area (Å²) in [5.41, 5.74) is 0.724. The van der Waals surface area contributed by atoms with E-state index < -0.39 is 11.7 Å². The van der Waals surface area contributed by atoms with Crippen LogP contribution >= 0.6 is 11.6 Å². The average Bonchev–Trinajstić information content (AvgIpc) is 3.03. The molecule has 4 nitrogen and oxygen atoms in total. The molecule has 2 heterocycles. The van der Waals surface area contributed by atoms with Gasteiger partial charge in [-0.25, -0.2) is 9.97 Å². The molecule has 3 rings (SSSR count). The van der Waals surface area contributed by atoms with Crippen LogP contribution in [0.1, 0.15) is 37.6 Å². The van der Waals surface area contributed by atoms with E-state index in [0.29, 0.717) is 11.3 Å². The molecular weight excluding hydrogens is 377 g/mol. The molecule has 0 aliphatic rings. The first kappa shape index (κ1) is 19.4. The van der Waals surface area contributed by atoms with Crippen molar-refractivity contribution in [2.75, 3.05) is 0 Å². The predicted molar refractivity (Wildman–Crippen MR) is 97.5 cm³/mol. The monoisotopic (exact) mass is 394 g/mol. The predicted octanol–water partition coefficient (Wildman–Crippen LogP) is 5.36. The summed E-state index contributed by atoms with van der Waals surface area (Å²) in [7, 11) is 0. The number of hydrogen-bond acceptors (Lipinski definition) is 3. The first-order valence-electron chi connectivity index (χ1n) is 8.27. The lowest BCUT2D eigenvalue weighted by Crippen LogP contribution is -2.15. The van der Waals surface area contributed by atoms with Crippen molar-refractivity contribution in [1.29, 1.82) is 0 Å². The van der Waals surface area contributed by atoms with Gasteiger partial charge in [0.15, 0.2) is 0 Å². The van der Waals surface area contributed by atoms with Crippen LogP contribution in [0.25, 0.3) is 11.3 Å². The highest BCUT2D eigenvalue weighted by Gasteiger charge is 2.34. The van der Waals surface area contributed by atoms with E-state index >= 15 is 0 Å². The van der Waals surface area contributed by atoms with Crippen LogP contribution in [0.4, 0.5) is 13.2 Å². The molecule has 3 aromatic rings. The van der Waals surface area contributed by atoms with Crippen LogP contribution < -0.4 is 0 Å². The summed E-state index contributed by atoms with van der Waals surface area (Å²) in [5.74, 6) is 0. The highest BCUT2D eigenvalue weighted by atomic mass is 35.5. The standard InChI is InChI=1S/C19H18ClF3N4/c1-18(2,3)16-7-9-27(26-16)11-13-5-4-12(10-14(13)19(21,22)23)15-6-8-24-17(20)25-15/h4-10H,11H2,1-3H3. The molecule has 0 bridgehead atoms. The third kappa shape index (κ3) is 4.47. The minimum Gasteiger partial charge on any atom is -0.268 e. The van der Waals surface area contributed by atoms with Gasteiger partial charge in [0, 0.05) is 23.4 Å². The Morgan fingerprint density at radius 2 is 1.81 bits per heavy atom. The summed E-state index contributed by atoms with van der Waals surface area (Å²) in [5, 5.41) is 4.39. The quantitative estimate of drug-likeness (QED) is 0.562. The van der Waals surface area contributed by atoms with Crippen molar-refractivity contribution in [2.45, 2.75) is 38.9 Å². The van der Waals surface area contributed by atoms with Crippen molar-refractivity contribution in [1.82, 2.24) is 19.7 Å². The molecule has 8 heteroatoms. The van der Waals surface area contributed by atoms with Gasteiger partial charge in [-0.15, -0.1) is 0 Å². The zero-order chi connectivity index (χ0) is 19.8. The van der Waals surface area contributed by atoms with Gasteiger partial charge >= 0.3 is 6.18 Å². The second kappa shape index (κ2) is 6.96. The molecule has 0 aliphatic carbocycles. The molecule has 0 atom stereocenters. The van der Waals surface area contributed by atoms with Crippen LogP contribution in [0.3, 0.4) is 0 Å². The van der Waals surface area contributed by atoms with Gasteiger partial charge in [-0.05, 0) is 35.4 Å². The van der Waals surface area contributed by atoms with E-state index in [0.717, 1.165) is 11.8 Å². The molecular formula is C19H18ClF3N4. The van der Waals surface area contributed by atoms with Gasteiger partial charge in [-0.3, -0.25) is 4.68 Å². The number of benzene rings is 1. The molecule has 0 aliphatic heterocycles. The number of alkyl halides is 3. The van der Waals surface area contributed by atoms with E-state index in [1.54, 1.807) is 12.3 Å². The number of aromatic nitrogens is 4. The van der Waals surface area contributed by atoms with Crippen molar-refractivity contribution in [3.63, 3.8) is 0 Å². The molecule has 0 N–H and O–H groups in total. The molecule has 0 amide bonds. The summed E-state index contributed by atoms with van der Waals surface area (Å²) in [6.07, 6.45) is -1.40. The van der Waals surface area contributed by atoms with Gasteiger partial charge in [0.1, 0.15) is 0 Å². The van der Waals surface area contributed by atoms with Crippen LogP contribution in [0.5, 0.6) is 0 Å². The highest BCUT2D eigenvalue weighted by molar-refractivity contribution is 6.28. The van der Waals surface area contributed by atoms with Gasteiger partial charge in [0.2, 0.25) is 5.28 Å². The maximum Gasteiger partial charge on any atom is 0.416 e. The topological polar surface area (TPSA) is 43.6 Å². The van der Waals surface area contributed by atoms with Gasteiger partial charge < -0.3 is 0 Å². The average molecular weight is 395 g/mol. The fourth-order valence-electron chi connectivity index (χ4n) is 2.66. The molecule has 27 heavy (non-hydrogen) atoms. The Morgan fingerprint density at radius 1 is 1.07 bits per heavy atom. The lowest BCUT2D eigenvalue weighted by Gasteiger charge is -2.16. The van der Waals surface area contributed by atoms with Crippen LogP contribution in [-0.4, -0.2) is 19.7 Å². The number of halogens is 4. The zero-order valence-corrected chi connectivity index (χ0v) is 15.8. The van der Waals surface area contributed by atoms with Crippen molar-refractivity contribution >= 4 is 11.6 Å². The smallest absolute Gasteiger partial charge is 0.268 e. The van der Waals surface area contributed by atoms with E-state index in [2.05, 4.69) is 15.1 Å². The van der Waals surface area contributed by atoms with Gasteiger partial charge in [0.05, 0.1) is 23.5 Å². The van der Waals surface area contributed by atoms with E-state index in [1.165, 1.54) is 23.0 Å². The van der Waals surface area contributed by atoms with Crippen molar-refractivity contribution in [3.8, 4) is 11.3 Å². The molecule has 0 saturated carbocycles. The highest BCUT2D eigenvalue weighted by Crippen LogP contribution is 2.35. The fraction of sp³-hybridized carbons (Fsp3) is 0.316. The first-order chi connectivity index (χ1) is 12.5. The second-order valence-corrected chi connectivity index (χ2v) is 7.57. The lowest BCUT2D eigenvalue weighted by atomic mass is 9.93. The van der Waals surface area contributed by atoms with E-state index in [4.69, 9.17) is 11.6 Å². The van der Waals surface area contributed by atoms with Crippen molar-refractivity contribution in [3.05, 3.63) is 64.8 Å². The zero-order valence-electron chi connectivity index (χ0n) is 15.0.